The molecule has 2 nitrogen and oxygen atoms in total. The van der Waals surface area contributed by atoms with Gasteiger partial charge in [0.25, 0.3) is 0 Å². The van der Waals surface area contributed by atoms with Crippen LogP contribution in [0.2, 0.25) is 0 Å². The van der Waals surface area contributed by atoms with Crippen LogP contribution in [0.5, 0.6) is 0 Å². The first-order chi connectivity index (χ1) is 10.9. The molecule has 0 N–H and O–H groups in total. The molecule has 0 radical (unpaired) electrons. The van der Waals surface area contributed by atoms with Crippen LogP contribution < -0.4 is 0 Å². The number of hydrogen-bond acceptors (Lipinski definition) is 2. The van der Waals surface area contributed by atoms with Crippen LogP contribution in [0.25, 0.3) is 0 Å². The van der Waals surface area contributed by atoms with Crippen LogP contribution >= 0.6 is 11.6 Å². The average molecular weight is 335 g/mol. The fraction of sp³-hybridized carbons (Fsp3) is 0.800. The van der Waals surface area contributed by atoms with Crippen LogP contribution in [-0.2, 0) is 9.59 Å². The van der Waals surface area contributed by atoms with Crippen LogP contribution in [0.4, 0.5) is 0 Å². The number of allylic oxidation sites excluding steroid dienone is 1. The van der Waals surface area contributed by atoms with Gasteiger partial charge in [-0.3, -0.25) is 9.59 Å². The molecule has 4 aliphatic carbocycles. The normalized spacial score (nSPS) is 49.0. The van der Waals surface area contributed by atoms with Crippen LogP contribution in [0.1, 0.15) is 65.2 Å². The van der Waals surface area contributed by atoms with E-state index in [1.54, 1.807) is 0 Å². The second kappa shape index (κ2) is 5.18. The van der Waals surface area contributed by atoms with Crippen LogP contribution in [0.15, 0.2) is 11.6 Å². The zero-order valence-corrected chi connectivity index (χ0v) is 15.0. The number of halogens is 1. The Kier molecular flexibility index (Phi) is 3.58. The quantitative estimate of drug-likeness (QED) is 0.639. The van der Waals surface area contributed by atoms with Crippen molar-refractivity contribution in [3.05, 3.63) is 11.6 Å². The van der Waals surface area contributed by atoms with Crippen LogP contribution in [0, 0.1) is 34.5 Å². The Balaban J connectivity index is 1.67. The zero-order chi connectivity index (χ0) is 16.4. The summed E-state index contributed by atoms with van der Waals surface area (Å²) in [7, 11) is 0. The summed E-state index contributed by atoms with van der Waals surface area (Å²) in [5.41, 5.74) is 1.75. The van der Waals surface area contributed by atoms with Crippen molar-refractivity contribution in [1.29, 1.82) is 0 Å². The van der Waals surface area contributed by atoms with Crippen molar-refractivity contribution in [2.24, 2.45) is 34.5 Å². The molecule has 126 valence electrons. The lowest BCUT2D eigenvalue weighted by Gasteiger charge is -2.57. The maximum Gasteiger partial charge on any atom is 0.225 e. The topological polar surface area (TPSA) is 34.1 Å². The molecule has 4 aliphatic rings. The monoisotopic (exact) mass is 334 g/mol. The summed E-state index contributed by atoms with van der Waals surface area (Å²) in [6.45, 7) is 4.73. The van der Waals surface area contributed by atoms with E-state index >= 15 is 0 Å². The lowest BCUT2D eigenvalue weighted by atomic mass is 9.47. The molecule has 0 amide bonds. The minimum Gasteiger partial charge on any atom is -0.295 e. The van der Waals surface area contributed by atoms with Gasteiger partial charge in [-0.05, 0) is 91.2 Å². The van der Waals surface area contributed by atoms with Gasteiger partial charge in [0, 0.05) is 12.3 Å². The predicted octanol–water partition coefficient (Wildman–Crippen LogP) is 4.90. The fourth-order valence-corrected chi connectivity index (χ4v) is 7.29. The fourth-order valence-electron chi connectivity index (χ4n) is 6.93. The lowest BCUT2D eigenvalue weighted by molar-refractivity contribution is -0.123. The number of carbonyl (C=O) groups excluding carboxylic acids is 2. The molecular formula is C20H27ClO2. The van der Waals surface area contributed by atoms with Gasteiger partial charge in [-0.2, -0.15) is 0 Å². The van der Waals surface area contributed by atoms with Crippen molar-refractivity contribution >= 4 is 22.6 Å². The Morgan fingerprint density at radius 2 is 1.87 bits per heavy atom. The lowest BCUT2D eigenvalue weighted by Crippen LogP contribution is -2.50. The smallest absolute Gasteiger partial charge is 0.225 e. The summed E-state index contributed by atoms with van der Waals surface area (Å²) in [4.78, 5) is 23.8. The van der Waals surface area contributed by atoms with Gasteiger partial charge in [-0.15, -0.1) is 0 Å². The summed E-state index contributed by atoms with van der Waals surface area (Å²) >= 11 is 5.94. The summed E-state index contributed by atoms with van der Waals surface area (Å²) in [5.74, 6) is 2.44. The highest BCUT2D eigenvalue weighted by Gasteiger charge is 2.59. The first kappa shape index (κ1) is 15.9. The maximum atomic E-state index is 11.9. The van der Waals surface area contributed by atoms with Gasteiger partial charge in [0.2, 0.25) is 5.24 Å². The van der Waals surface area contributed by atoms with Gasteiger partial charge >= 0.3 is 0 Å². The van der Waals surface area contributed by atoms with Crippen molar-refractivity contribution in [3.63, 3.8) is 0 Å². The molecular weight excluding hydrogens is 308 g/mol. The number of ketones is 1. The van der Waals surface area contributed by atoms with Crippen molar-refractivity contribution in [1.82, 2.24) is 0 Å². The van der Waals surface area contributed by atoms with E-state index < -0.39 is 0 Å². The zero-order valence-electron chi connectivity index (χ0n) is 14.2. The van der Waals surface area contributed by atoms with E-state index in [0.717, 1.165) is 32.1 Å². The van der Waals surface area contributed by atoms with E-state index in [1.165, 1.54) is 18.4 Å². The molecule has 0 aromatic carbocycles. The van der Waals surface area contributed by atoms with Crippen molar-refractivity contribution < 1.29 is 9.59 Å². The molecule has 3 saturated carbocycles. The molecule has 0 bridgehead atoms. The standard InChI is InChI=1S/C20H27ClO2/c1-19-9-7-13(22)11-12(19)3-4-14-15-5-6-17(18(21)23)20(15,2)10-8-16(14)19/h11,14-17H,3-10H2,1-2H3/t14?,15?,16?,17-,19+,20+/m1/s1. The summed E-state index contributed by atoms with van der Waals surface area (Å²) in [6, 6.07) is 0. The summed E-state index contributed by atoms with van der Waals surface area (Å²) in [6.07, 6.45) is 10.4. The SMILES string of the molecule is C[C@]12CCC(=O)C=C1CCC1C2CC[C@@]2(C)C1CC[C@@H]2C(=O)Cl. The third-order valence-corrected chi connectivity index (χ3v) is 8.50. The van der Waals surface area contributed by atoms with Crippen molar-refractivity contribution in [2.45, 2.75) is 65.2 Å². The third kappa shape index (κ3) is 2.13. The molecule has 3 unspecified atom stereocenters. The maximum absolute atomic E-state index is 11.9. The van der Waals surface area contributed by atoms with E-state index in [-0.39, 0.29) is 22.0 Å². The third-order valence-electron chi connectivity index (χ3n) is 8.24. The Morgan fingerprint density at radius 1 is 1.09 bits per heavy atom. The molecule has 23 heavy (non-hydrogen) atoms. The Bertz CT molecular complexity index is 594. The highest BCUT2D eigenvalue weighted by Crippen LogP contribution is 2.66. The van der Waals surface area contributed by atoms with Gasteiger partial charge in [-0.25, -0.2) is 0 Å². The molecule has 0 spiro atoms. The molecule has 0 heterocycles. The van der Waals surface area contributed by atoms with Gasteiger partial charge in [0.1, 0.15) is 0 Å². The molecule has 4 rings (SSSR count). The Labute approximate surface area is 144 Å². The highest BCUT2D eigenvalue weighted by molar-refractivity contribution is 6.64. The number of carbonyl (C=O) groups is 2. The number of fused-ring (bicyclic) bond motifs is 5. The Morgan fingerprint density at radius 3 is 2.61 bits per heavy atom. The molecule has 0 aliphatic heterocycles. The molecule has 3 heteroatoms. The molecule has 0 aromatic heterocycles. The molecule has 6 atom stereocenters. The Hall–Kier alpha value is -0.630. The van der Waals surface area contributed by atoms with Crippen LogP contribution in [-0.4, -0.2) is 11.0 Å². The van der Waals surface area contributed by atoms with E-state index in [0.29, 0.717) is 30.0 Å². The average Bonchev–Trinajstić information content (AvgIpc) is 2.85. The predicted molar refractivity (Wildman–Crippen MR) is 91.1 cm³/mol. The van der Waals surface area contributed by atoms with Gasteiger partial charge in [0.15, 0.2) is 5.78 Å². The highest BCUT2D eigenvalue weighted by atomic mass is 35.5. The molecule has 0 saturated heterocycles. The molecule has 3 fully saturated rings. The summed E-state index contributed by atoms with van der Waals surface area (Å²) in [5, 5.41) is -0.112. The van der Waals surface area contributed by atoms with Crippen molar-refractivity contribution in [3.8, 4) is 0 Å². The second-order valence-corrected chi connectivity index (χ2v) is 9.32. The first-order valence-electron chi connectivity index (χ1n) is 9.29. The van der Waals surface area contributed by atoms with Crippen molar-refractivity contribution in [2.75, 3.05) is 0 Å². The number of hydrogen-bond donors (Lipinski definition) is 0. The van der Waals surface area contributed by atoms with E-state index in [4.69, 9.17) is 11.6 Å². The largest absolute Gasteiger partial charge is 0.295 e. The van der Waals surface area contributed by atoms with Gasteiger partial charge in [-0.1, -0.05) is 19.4 Å². The summed E-state index contributed by atoms with van der Waals surface area (Å²) < 4.78 is 0. The second-order valence-electron chi connectivity index (χ2n) is 8.95. The minimum atomic E-state index is -0.112. The van der Waals surface area contributed by atoms with Gasteiger partial charge in [0.05, 0.1) is 0 Å². The van der Waals surface area contributed by atoms with E-state index in [9.17, 15) is 9.59 Å². The first-order valence-corrected chi connectivity index (χ1v) is 9.67. The molecule has 0 aromatic rings. The van der Waals surface area contributed by atoms with E-state index in [1.807, 2.05) is 6.08 Å². The van der Waals surface area contributed by atoms with Crippen LogP contribution in [0.3, 0.4) is 0 Å². The van der Waals surface area contributed by atoms with E-state index in [2.05, 4.69) is 13.8 Å². The van der Waals surface area contributed by atoms with Gasteiger partial charge < -0.3 is 0 Å². The number of rotatable bonds is 1. The minimum absolute atomic E-state index is 0.0628.